The number of nitrogens with one attached hydrogen (secondary N) is 5. The van der Waals surface area contributed by atoms with Crippen LogP contribution in [0.1, 0.15) is 41.6 Å². The molecule has 20 nitrogen and oxygen atoms in total. The van der Waals surface area contributed by atoms with Gasteiger partial charge in [0.2, 0.25) is 5.91 Å². The normalized spacial score (nSPS) is 17.1. The number of aliphatic hydroxyl groups excluding tert-OH is 2. The Balaban J connectivity index is 0.000000302. The molecule has 2 amide bonds. The molecule has 1 aliphatic heterocycles. The number of nitrogens with two attached hydrogens (primary N) is 1. The summed E-state index contributed by atoms with van der Waals surface area (Å²) in [7, 11) is 7.08. The van der Waals surface area contributed by atoms with Gasteiger partial charge >= 0.3 is 0 Å². The summed E-state index contributed by atoms with van der Waals surface area (Å²) in [5, 5.41) is 26.5. The van der Waals surface area contributed by atoms with Crippen LogP contribution in [0.3, 0.4) is 0 Å². The van der Waals surface area contributed by atoms with Crippen LogP contribution in [0.25, 0.3) is 22.3 Å². The third kappa shape index (κ3) is 13.2. The number of aliphatic hydroxyl groups is 2. The van der Waals surface area contributed by atoms with Crippen molar-refractivity contribution < 1.29 is 29.3 Å². The lowest BCUT2D eigenvalue weighted by molar-refractivity contribution is -0.124. The van der Waals surface area contributed by atoms with Crippen molar-refractivity contribution in [2.24, 2.45) is 5.73 Å². The molecule has 7 rings (SSSR count). The maximum absolute atomic E-state index is 12.8. The third-order valence-corrected chi connectivity index (χ3v) is 9.06. The second-order valence-corrected chi connectivity index (χ2v) is 13.9. The Morgan fingerprint density at radius 3 is 2.33 bits per heavy atom. The molecule has 4 aromatic heterocycles. The molecule has 5 atom stereocenters. The maximum atomic E-state index is 12.8. The molecule has 0 unspecified atom stereocenters. The van der Waals surface area contributed by atoms with Gasteiger partial charge in [0.15, 0.2) is 28.9 Å². The van der Waals surface area contributed by atoms with Gasteiger partial charge in [0.1, 0.15) is 36.1 Å². The number of benzene rings is 2. The molecule has 5 heterocycles. The van der Waals surface area contributed by atoms with Crippen LogP contribution < -0.4 is 36.9 Å². The number of anilines is 1. The molecule has 1 saturated heterocycles. The predicted octanol–water partition coefficient (Wildman–Crippen LogP) is 1.45. The maximum Gasteiger partial charge on any atom is 0.251 e. The minimum absolute atomic E-state index is 0. The van der Waals surface area contributed by atoms with Gasteiger partial charge < -0.3 is 45.9 Å². The van der Waals surface area contributed by atoms with Gasteiger partial charge in [-0.3, -0.25) is 25.0 Å². The van der Waals surface area contributed by atoms with E-state index in [1.165, 1.54) is 19.0 Å². The molecule has 0 spiro atoms. The topological polar surface area (TPSA) is 268 Å². The van der Waals surface area contributed by atoms with Crippen molar-refractivity contribution in [3.05, 3.63) is 96.7 Å². The van der Waals surface area contributed by atoms with E-state index in [-0.39, 0.29) is 36.8 Å². The van der Waals surface area contributed by atoms with Gasteiger partial charge in [-0.2, -0.15) is 0 Å². The summed E-state index contributed by atoms with van der Waals surface area (Å²) < 4.78 is 12.6. The number of carbonyl (C=O) groups is 2. The molecule has 1 aliphatic rings. The minimum atomic E-state index is -1.18. The summed E-state index contributed by atoms with van der Waals surface area (Å²) in [5.74, 6) is 0.836. The fourth-order valence-electron chi connectivity index (χ4n) is 6.04. The lowest BCUT2D eigenvalue weighted by atomic mass is 10.0. The van der Waals surface area contributed by atoms with Gasteiger partial charge in [-0.15, -0.1) is 24.8 Å². The molecule has 2 aromatic carbocycles. The number of rotatable bonds is 13. The van der Waals surface area contributed by atoms with Gasteiger partial charge in [0.05, 0.1) is 44.7 Å². The number of nitrogens with zero attached hydrogens (tertiary/aromatic N) is 8. The van der Waals surface area contributed by atoms with E-state index in [4.69, 9.17) is 15.2 Å². The smallest absolute Gasteiger partial charge is 0.251 e. The monoisotopic (exact) mass is 884 g/mol. The number of imidazole rings is 2. The number of aromatic amines is 1. The highest BCUT2D eigenvalue weighted by Gasteiger charge is 2.46. The Morgan fingerprint density at radius 2 is 1.70 bits per heavy atom. The molecule has 22 heteroatoms. The van der Waals surface area contributed by atoms with Crippen LogP contribution in [-0.2, 0) is 22.5 Å². The van der Waals surface area contributed by atoms with Crippen LogP contribution in [0, 0.1) is 0 Å². The molecule has 0 saturated carbocycles. The summed E-state index contributed by atoms with van der Waals surface area (Å²) in [6, 6.07) is 13.2. The summed E-state index contributed by atoms with van der Waals surface area (Å²) in [5.41, 5.74) is 17.2. The molecule has 9 N–H and O–H groups in total. The fraction of sp³-hybridized carbons (Fsp3) is 0.385. The number of methoxy groups -OCH3 is 1. The largest absolute Gasteiger partial charge is 0.497 e. The van der Waals surface area contributed by atoms with E-state index < -0.39 is 43.0 Å². The van der Waals surface area contributed by atoms with E-state index in [1.807, 2.05) is 71.4 Å². The number of hydrogen-bond donors (Lipinski definition) is 8. The molecule has 61 heavy (non-hydrogen) atoms. The molecule has 0 aliphatic carbocycles. The van der Waals surface area contributed by atoms with Crippen molar-refractivity contribution in [1.29, 1.82) is 0 Å². The number of H-pyrrole nitrogens is 1. The molecule has 6 aromatic rings. The van der Waals surface area contributed by atoms with E-state index >= 15 is 0 Å². The van der Waals surface area contributed by atoms with E-state index in [0.717, 1.165) is 23.2 Å². The second-order valence-electron chi connectivity index (χ2n) is 13.9. The number of hydrogen-bond acceptors (Lipinski definition) is 16. The van der Waals surface area contributed by atoms with Crippen molar-refractivity contribution in [2.75, 3.05) is 39.8 Å². The first-order chi connectivity index (χ1) is 28.4. The Kier molecular flexibility index (Phi) is 19.6. The van der Waals surface area contributed by atoms with E-state index in [1.54, 1.807) is 41.2 Å². The average Bonchev–Trinajstić information content (AvgIpc) is 3.98. The van der Waals surface area contributed by atoms with Gasteiger partial charge in [-0.1, -0.05) is 24.3 Å². The quantitative estimate of drug-likeness (QED) is 0.0763. The predicted molar refractivity (Wildman–Crippen MR) is 234 cm³/mol. The summed E-state index contributed by atoms with van der Waals surface area (Å²) >= 11 is 0. The highest BCUT2D eigenvalue weighted by atomic mass is 35.5. The third-order valence-electron chi connectivity index (χ3n) is 9.06. The molecule has 330 valence electrons. The summed E-state index contributed by atoms with van der Waals surface area (Å²) in [6.07, 6.45) is 5.01. The van der Waals surface area contributed by atoms with Crippen molar-refractivity contribution in [1.82, 2.24) is 60.9 Å². The average molecular weight is 886 g/mol. The first-order valence-electron chi connectivity index (χ1n) is 18.8. The second kappa shape index (κ2) is 24.0. The Hall–Kier alpha value is -5.58. The number of carbonyl (C=O) groups excluding carboxylic acids is 2. The Morgan fingerprint density at radius 1 is 1.00 bits per heavy atom. The number of amides is 2. The number of aromatic nitrogens is 8. The van der Waals surface area contributed by atoms with Crippen LogP contribution in [0.2, 0.25) is 0 Å². The van der Waals surface area contributed by atoms with Crippen molar-refractivity contribution in [3.8, 4) is 5.75 Å². The zero-order valence-corrected chi connectivity index (χ0v) is 36.2. The van der Waals surface area contributed by atoms with Gasteiger partial charge in [-0.05, 0) is 62.7 Å². The van der Waals surface area contributed by atoms with E-state index in [0.29, 0.717) is 40.4 Å². The van der Waals surface area contributed by atoms with Crippen LogP contribution in [0.4, 0.5) is 5.82 Å². The first kappa shape index (κ1) is 49.8. The lowest BCUT2D eigenvalue weighted by Crippen LogP contribution is -2.53. The lowest BCUT2D eigenvalue weighted by Gasteiger charge is -2.23. The van der Waals surface area contributed by atoms with Crippen LogP contribution in [0.5, 0.6) is 5.75 Å². The highest BCUT2D eigenvalue weighted by Crippen LogP contribution is 2.32. The fourth-order valence-corrected chi connectivity index (χ4v) is 6.04. The molecule has 0 bridgehead atoms. The van der Waals surface area contributed by atoms with Crippen molar-refractivity contribution in [3.63, 3.8) is 0 Å². The van der Waals surface area contributed by atoms with Crippen LogP contribution in [-0.4, -0.2) is 127 Å². The summed E-state index contributed by atoms with van der Waals surface area (Å²) in [4.78, 5) is 53.6. The van der Waals surface area contributed by atoms with E-state index in [2.05, 4.69) is 56.4 Å². The standard InChI is InChI=1S/C22H29N7O5.C12H19N3O.C5H4N4.2ClH/c1-28(2)19-17-20(25-10-24-19)29(11-26-17)22-18(31)16(15(9-30)34-22)27-21(32)14(23)8-12-4-6-13(33-3)7-5-12;1-9(2)15-12(16)11-6-4-10(5-7-11)8-14-13-3;1-4-5(8-2-6-1)9-3-7-4;;/h4-7,10-11,14-16,18,22,30-31H,8-9,23H2,1-3H3,(H,27,32);4-7,9,13-14H,8H2,1-3H3,(H,15,16);1-3H,(H,6,7,8,9);2*1H/t14-,15+,16+,18+,22+;;;;/m0..../s1. The Bertz CT molecular complexity index is 2210. The number of ether oxygens (including phenoxy) is 2. The van der Waals surface area contributed by atoms with Gasteiger partial charge in [-0.25, -0.2) is 29.9 Å². The number of fused-ring (bicyclic) bond motifs is 2. The molecule has 0 radical (unpaired) electrons. The van der Waals surface area contributed by atoms with Crippen molar-refractivity contribution in [2.45, 2.75) is 63.4 Å². The molecule has 1 fully saturated rings. The SMILES string of the molecule is CNNCc1ccc(C(=O)NC(C)C)cc1.COc1ccc(C[C@H](N)C(=O)N[C@H]2[C@@H](O)[C@H](n3cnc4c(N(C)C)ncnc43)O[C@@H]2CO)cc1.Cl.Cl.c1ncc2[nH]cnc2n1. The van der Waals surface area contributed by atoms with Crippen LogP contribution >= 0.6 is 24.8 Å². The zero-order chi connectivity index (χ0) is 42.5. The van der Waals surface area contributed by atoms with Gasteiger partial charge in [0.25, 0.3) is 5.91 Å². The minimum Gasteiger partial charge on any atom is -0.497 e. The zero-order valence-electron chi connectivity index (χ0n) is 34.6. The Labute approximate surface area is 365 Å². The van der Waals surface area contributed by atoms with Crippen LogP contribution in [0.15, 0.2) is 80.0 Å². The van der Waals surface area contributed by atoms with E-state index in [9.17, 15) is 19.8 Å². The number of halogens is 2. The van der Waals surface area contributed by atoms with Crippen molar-refractivity contribution >= 4 is 64.8 Å². The van der Waals surface area contributed by atoms with Gasteiger partial charge in [0, 0.05) is 32.2 Å². The highest BCUT2D eigenvalue weighted by molar-refractivity contribution is 5.94. The summed E-state index contributed by atoms with van der Waals surface area (Å²) in [6.45, 7) is 4.23. The molecular weight excluding hydrogens is 831 g/mol. The molecular formula is C39H54Cl2N14O6. The first-order valence-corrected chi connectivity index (χ1v) is 18.8. The number of hydrazine groups is 1.